The van der Waals surface area contributed by atoms with Crippen LogP contribution in [0.25, 0.3) is 6.08 Å². The van der Waals surface area contributed by atoms with E-state index < -0.39 is 6.04 Å². The van der Waals surface area contributed by atoms with E-state index in [0.717, 1.165) is 24.8 Å². The van der Waals surface area contributed by atoms with Crippen molar-refractivity contribution in [1.82, 2.24) is 9.80 Å². The van der Waals surface area contributed by atoms with Crippen molar-refractivity contribution in [3.8, 4) is 5.75 Å². The van der Waals surface area contributed by atoms with E-state index >= 15 is 0 Å². The number of rotatable bonds is 6. The van der Waals surface area contributed by atoms with Gasteiger partial charge in [0.1, 0.15) is 16.1 Å². The number of methoxy groups -OCH3 is 1. The summed E-state index contributed by atoms with van der Waals surface area (Å²) >= 11 is 6.64. The van der Waals surface area contributed by atoms with E-state index in [-0.39, 0.29) is 24.5 Å². The first-order valence-corrected chi connectivity index (χ1v) is 11.0. The number of piperidine rings is 1. The molecule has 2 amide bonds. The topological polar surface area (TPSA) is 70.1 Å². The van der Waals surface area contributed by atoms with Gasteiger partial charge in [0.25, 0.3) is 5.91 Å². The van der Waals surface area contributed by atoms with E-state index in [1.54, 1.807) is 20.1 Å². The molecule has 0 spiro atoms. The minimum atomic E-state index is -0.676. The minimum Gasteiger partial charge on any atom is -0.496 e. The van der Waals surface area contributed by atoms with Gasteiger partial charge in [-0.05, 0) is 44.7 Å². The maximum Gasteiger partial charge on any atom is 0.266 e. The number of thioether (sulfide) groups is 1. The van der Waals surface area contributed by atoms with Gasteiger partial charge in [-0.25, -0.2) is 0 Å². The molecule has 6 nitrogen and oxygen atoms in total. The smallest absolute Gasteiger partial charge is 0.266 e. The number of likely N-dealkylation sites (tertiary alicyclic amines) is 1. The normalized spacial score (nSPS) is 22.3. The molecule has 2 fully saturated rings. The summed E-state index contributed by atoms with van der Waals surface area (Å²) in [6.07, 6.45) is 5.18. The average molecular weight is 435 g/mol. The average Bonchev–Trinajstić information content (AvgIpc) is 3.01. The monoisotopic (exact) mass is 434 g/mol. The van der Waals surface area contributed by atoms with Crippen molar-refractivity contribution in [2.75, 3.05) is 20.3 Å². The van der Waals surface area contributed by atoms with E-state index in [1.807, 2.05) is 29.2 Å². The summed E-state index contributed by atoms with van der Waals surface area (Å²) in [5.74, 6) is 0.294. The van der Waals surface area contributed by atoms with Crippen LogP contribution in [0.1, 0.15) is 38.2 Å². The number of aliphatic hydroxyl groups excluding tert-OH is 1. The predicted molar refractivity (Wildman–Crippen MR) is 119 cm³/mol. The zero-order valence-corrected chi connectivity index (χ0v) is 18.3. The lowest BCUT2D eigenvalue weighted by atomic mass is 9.98. The lowest BCUT2D eigenvalue weighted by Crippen LogP contribution is -2.53. The number of carbonyl (C=O) groups is 2. The summed E-state index contributed by atoms with van der Waals surface area (Å²) in [5.41, 5.74) is 0.786. The van der Waals surface area contributed by atoms with Crippen LogP contribution in [0.5, 0.6) is 5.75 Å². The van der Waals surface area contributed by atoms with E-state index in [0.29, 0.717) is 27.9 Å². The fourth-order valence-corrected chi connectivity index (χ4v) is 5.24. The molecule has 8 heteroatoms. The highest BCUT2D eigenvalue weighted by atomic mass is 32.2. The van der Waals surface area contributed by atoms with Crippen LogP contribution in [0.3, 0.4) is 0 Å². The summed E-state index contributed by atoms with van der Waals surface area (Å²) in [7, 11) is 1.58. The van der Waals surface area contributed by atoms with E-state index in [2.05, 4.69) is 0 Å². The number of carbonyl (C=O) groups excluding carboxylic acids is 2. The van der Waals surface area contributed by atoms with Gasteiger partial charge in [-0.15, -0.1) is 0 Å². The Morgan fingerprint density at radius 1 is 1.41 bits per heavy atom. The van der Waals surface area contributed by atoms with Crippen LogP contribution in [0.4, 0.5) is 0 Å². The number of ether oxygens (including phenoxy) is 1. The fourth-order valence-electron chi connectivity index (χ4n) is 3.83. The number of thiocarbonyl (C=S) groups is 1. The Morgan fingerprint density at radius 2 is 2.17 bits per heavy atom. The number of amides is 2. The fraction of sp³-hybridized carbons (Fsp3) is 0.476. The van der Waals surface area contributed by atoms with Crippen molar-refractivity contribution in [3.05, 3.63) is 34.7 Å². The molecular formula is C21H26N2O4S2. The molecule has 1 aromatic rings. The molecule has 0 radical (unpaired) electrons. The Bertz CT molecular complexity index is 825. The molecule has 0 unspecified atom stereocenters. The van der Waals surface area contributed by atoms with Crippen molar-refractivity contribution in [3.63, 3.8) is 0 Å². The van der Waals surface area contributed by atoms with Crippen LogP contribution in [0.2, 0.25) is 0 Å². The van der Waals surface area contributed by atoms with E-state index in [1.165, 1.54) is 16.7 Å². The van der Waals surface area contributed by atoms with Crippen LogP contribution in [0, 0.1) is 0 Å². The molecule has 2 saturated heterocycles. The highest BCUT2D eigenvalue weighted by Gasteiger charge is 2.41. The minimum absolute atomic E-state index is 0.0197. The summed E-state index contributed by atoms with van der Waals surface area (Å²) < 4.78 is 5.73. The first kappa shape index (κ1) is 21.8. The Morgan fingerprint density at radius 3 is 2.90 bits per heavy atom. The molecule has 29 heavy (non-hydrogen) atoms. The predicted octanol–water partition coefficient (Wildman–Crippen LogP) is 3.05. The number of aliphatic hydroxyl groups is 1. The summed E-state index contributed by atoms with van der Waals surface area (Å²) in [5, 5.41) is 9.33. The second-order valence-electron chi connectivity index (χ2n) is 7.16. The highest BCUT2D eigenvalue weighted by molar-refractivity contribution is 8.26. The lowest BCUT2D eigenvalue weighted by Gasteiger charge is -2.38. The van der Waals surface area contributed by atoms with Gasteiger partial charge in [0.15, 0.2) is 0 Å². The second kappa shape index (κ2) is 9.73. The van der Waals surface area contributed by atoms with Crippen LogP contribution in [-0.2, 0) is 9.59 Å². The Balaban J connectivity index is 1.80. The third-order valence-electron chi connectivity index (χ3n) is 5.37. The van der Waals surface area contributed by atoms with Crippen LogP contribution in [-0.4, -0.2) is 63.4 Å². The Hall–Kier alpha value is -1.90. The standard InChI is InChI=1S/C21H26N2O4S2/c1-14(19(25)22-11-6-5-8-16(22)10-12-24)23-20(26)18(29-21(23)28)13-15-7-3-4-9-17(15)27-2/h3-4,7,9,13-14,16,24H,5-6,8,10-12H2,1-2H3/b18-13+/t14-,16-/m1/s1. The molecule has 1 aromatic carbocycles. The summed E-state index contributed by atoms with van der Waals surface area (Å²) in [4.78, 5) is 29.9. The number of hydrogen-bond donors (Lipinski definition) is 1. The van der Waals surface area contributed by atoms with E-state index in [9.17, 15) is 14.7 Å². The maximum atomic E-state index is 13.2. The summed E-state index contributed by atoms with van der Waals surface area (Å²) in [6.45, 7) is 2.43. The molecule has 3 rings (SSSR count). The third-order valence-corrected chi connectivity index (χ3v) is 6.70. The highest BCUT2D eigenvalue weighted by Crippen LogP contribution is 2.36. The lowest BCUT2D eigenvalue weighted by molar-refractivity contribution is -0.142. The Kier molecular flexibility index (Phi) is 7.32. The van der Waals surface area contributed by atoms with E-state index in [4.69, 9.17) is 17.0 Å². The number of para-hydroxylation sites is 1. The molecule has 0 aromatic heterocycles. The zero-order chi connectivity index (χ0) is 21.0. The largest absolute Gasteiger partial charge is 0.496 e. The number of hydrogen-bond acceptors (Lipinski definition) is 6. The molecule has 0 saturated carbocycles. The van der Waals surface area contributed by atoms with Crippen LogP contribution >= 0.6 is 24.0 Å². The van der Waals surface area contributed by atoms with Gasteiger partial charge in [0, 0.05) is 24.8 Å². The first-order chi connectivity index (χ1) is 14.0. The van der Waals surface area contributed by atoms with Crippen molar-refractivity contribution < 1.29 is 19.4 Å². The summed E-state index contributed by atoms with van der Waals surface area (Å²) in [6, 6.07) is 6.78. The SMILES string of the molecule is COc1ccccc1/C=C1/SC(=S)N([C@H](C)C(=O)N2CCCC[C@@H]2CCO)C1=O. The van der Waals surface area contributed by atoms with Crippen LogP contribution < -0.4 is 4.74 Å². The zero-order valence-electron chi connectivity index (χ0n) is 16.7. The molecule has 156 valence electrons. The molecular weight excluding hydrogens is 408 g/mol. The van der Waals surface area contributed by atoms with Crippen molar-refractivity contribution in [2.45, 2.75) is 44.7 Å². The quantitative estimate of drug-likeness (QED) is 0.548. The van der Waals surface area contributed by atoms with Gasteiger partial charge in [0.05, 0.1) is 12.0 Å². The third kappa shape index (κ3) is 4.65. The Labute approximate surface area is 180 Å². The van der Waals surface area contributed by atoms with Gasteiger partial charge in [0.2, 0.25) is 5.91 Å². The van der Waals surface area contributed by atoms with Gasteiger partial charge in [-0.1, -0.05) is 42.2 Å². The van der Waals surface area contributed by atoms with Gasteiger partial charge in [-0.2, -0.15) is 0 Å². The molecule has 2 aliphatic rings. The van der Waals surface area contributed by atoms with Crippen LogP contribution in [0.15, 0.2) is 29.2 Å². The molecule has 2 aliphatic heterocycles. The second-order valence-corrected chi connectivity index (χ2v) is 8.84. The van der Waals surface area contributed by atoms with Gasteiger partial charge < -0.3 is 14.7 Å². The first-order valence-electron chi connectivity index (χ1n) is 9.79. The number of benzene rings is 1. The molecule has 1 N–H and O–H groups in total. The van der Waals surface area contributed by atoms with Crippen molar-refractivity contribution in [2.24, 2.45) is 0 Å². The van der Waals surface area contributed by atoms with Crippen molar-refractivity contribution in [1.29, 1.82) is 0 Å². The van der Waals surface area contributed by atoms with Gasteiger partial charge in [-0.3, -0.25) is 14.5 Å². The maximum absolute atomic E-state index is 13.2. The number of nitrogens with zero attached hydrogens (tertiary/aromatic N) is 2. The van der Waals surface area contributed by atoms with Crippen molar-refractivity contribution >= 4 is 46.2 Å². The van der Waals surface area contributed by atoms with Gasteiger partial charge >= 0.3 is 0 Å². The molecule has 0 bridgehead atoms. The molecule has 0 aliphatic carbocycles. The molecule has 2 atom stereocenters. The molecule has 2 heterocycles.